The number of benzene rings is 5. The number of anilines is 1. The van der Waals surface area contributed by atoms with Crippen molar-refractivity contribution in [3.63, 3.8) is 0 Å². The van der Waals surface area contributed by atoms with Gasteiger partial charge in [0.15, 0.2) is 0 Å². The van der Waals surface area contributed by atoms with Gasteiger partial charge in [-0.15, -0.1) is 10.2 Å². The number of tetrazole rings is 1. The number of amides is 2. The second kappa shape index (κ2) is 19.1. The van der Waals surface area contributed by atoms with Gasteiger partial charge in [0.1, 0.15) is 32.6 Å². The number of thiazole rings is 1. The van der Waals surface area contributed by atoms with Gasteiger partial charge in [-0.25, -0.2) is 31.4 Å². The van der Waals surface area contributed by atoms with Crippen LogP contribution in [0.5, 0.6) is 17.2 Å². The average molecular weight is 977 g/mol. The van der Waals surface area contributed by atoms with Crippen LogP contribution in [0.15, 0.2) is 113 Å². The Bertz CT molecular complexity index is 3090. The van der Waals surface area contributed by atoms with Crippen LogP contribution in [0, 0.1) is 0 Å². The second-order valence-electron chi connectivity index (χ2n) is 15.5. The lowest BCUT2D eigenvalue weighted by Gasteiger charge is -2.26. The Labute approximate surface area is 388 Å². The average Bonchev–Trinajstić information content (AvgIpc) is 3.92. The Kier molecular flexibility index (Phi) is 13.7. The fourth-order valence-corrected chi connectivity index (χ4v) is 11.2. The first kappa shape index (κ1) is 47.3. The van der Waals surface area contributed by atoms with Crippen molar-refractivity contribution in [2.75, 3.05) is 26.2 Å². The first-order valence-corrected chi connectivity index (χ1v) is 24.3. The maximum Gasteiger partial charge on any atom is 0.426 e. The summed E-state index contributed by atoms with van der Waals surface area (Å²) in [6.07, 6.45) is -2.87. The van der Waals surface area contributed by atoms with E-state index in [-0.39, 0.29) is 52.8 Å². The van der Waals surface area contributed by atoms with Crippen molar-refractivity contribution in [1.82, 2.24) is 29.5 Å². The summed E-state index contributed by atoms with van der Waals surface area (Å²) in [7, 11) is 0.819. The highest BCUT2D eigenvalue weighted by molar-refractivity contribution is 8.14. The molecule has 2 amide bonds. The van der Waals surface area contributed by atoms with E-state index in [1.807, 2.05) is 0 Å². The molecule has 0 bridgehead atoms. The number of hydrogen-bond acceptors (Lipinski definition) is 15. The van der Waals surface area contributed by atoms with Gasteiger partial charge < -0.3 is 24.1 Å². The summed E-state index contributed by atoms with van der Waals surface area (Å²) < 4.78 is 81.6. The van der Waals surface area contributed by atoms with E-state index in [0.717, 1.165) is 27.3 Å². The van der Waals surface area contributed by atoms with Crippen LogP contribution >= 0.6 is 22.0 Å². The van der Waals surface area contributed by atoms with Crippen LogP contribution in [0.2, 0.25) is 0 Å². The molecule has 0 saturated carbocycles. The largest absolute Gasteiger partial charge is 0.497 e. The smallest absolute Gasteiger partial charge is 0.426 e. The molecule has 0 fully saturated rings. The van der Waals surface area contributed by atoms with Gasteiger partial charge in [-0.2, -0.15) is 14.0 Å². The number of carbonyl (C=O) groups is 2. The minimum absolute atomic E-state index is 0.0528. The fourth-order valence-electron chi connectivity index (χ4n) is 6.78. The van der Waals surface area contributed by atoms with Gasteiger partial charge in [0.05, 0.1) is 43.7 Å². The number of hydrogen-bond donors (Lipinski definition) is 1. The van der Waals surface area contributed by atoms with Crippen LogP contribution in [0.1, 0.15) is 37.5 Å². The van der Waals surface area contributed by atoms with Crippen LogP contribution in [0.3, 0.4) is 0 Å². The van der Waals surface area contributed by atoms with Crippen molar-refractivity contribution >= 4 is 68.6 Å². The predicted molar refractivity (Wildman–Crippen MR) is 246 cm³/mol. The molecule has 7 rings (SSSR count). The topological polar surface area (TPSA) is 223 Å². The normalized spacial score (nSPS) is 12.0. The monoisotopic (exact) mass is 975 g/mol. The molecule has 5 aromatic carbocycles. The molecule has 18 nitrogen and oxygen atoms in total. The number of aromatic nitrogens is 5. The van der Waals surface area contributed by atoms with Gasteiger partial charge in [-0.05, 0) is 96.8 Å². The lowest BCUT2D eigenvalue weighted by atomic mass is 9.98. The quantitative estimate of drug-likeness (QED) is 0.0952. The third kappa shape index (κ3) is 10.4. The molecule has 344 valence electrons. The van der Waals surface area contributed by atoms with Crippen molar-refractivity contribution in [1.29, 1.82) is 0 Å². The molecule has 7 aromatic rings. The lowest BCUT2D eigenvalue weighted by Crippen LogP contribution is -2.40. The van der Waals surface area contributed by atoms with Crippen LogP contribution < -0.4 is 19.1 Å². The van der Waals surface area contributed by atoms with E-state index >= 15 is 8.42 Å². The number of nitrogens with zero attached hydrogens (tertiary/aromatic N) is 7. The number of halogens is 1. The minimum Gasteiger partial charge on any atom is -0.497 e. The SMILES string of the molecule is COc1ccc(CN(Cc2ccc(OC)cc2)S(=O)(=O)c2c(S(=O)(=O)Cl)ccc(-c3cccc4sc(N(C(=O)O)C(=O)OC(C)(C)C)nc34)c2-c2nnn(Cc3ccc(OC)cc3)n2)cc1. The molecule has 0 aliphatic heterocycles. The highest BCUT2D eigenvalue weighted by atomic mass is 35.7. The molecule has 0 atom stereocenters. The van der Waals surface area contributed by atoms with E-state index in [1.54, 1.807) is 112 Å². The summed E-state index contributed by atoms with van der Waals surface area (Å²) >= 11 is 0.851. The number of ether oxygens (including phenoxy) is 4. The van der Waals surface area contributed by atoms with E-state index in [2.05, 4.69) is 20.4 Å². The van der Waals surface area contributed by atoms with E-state index < -0.39 is 46.7 Å². The Morgan fingerprint density at radius 2 is 1.30 bits per heavy atom. The van der Waals surface area contributed by atoms with Crippen LogP contribution in [-0.2, 0) is 43.4 Å². The van der Waals surface area contributed by atoms with Gasteiger partial charge in [-0.3, -0.25) is 0 Å². The zero-order valence-corrected chi connectivity index (χ0v) is 39.4. The Balaban J connectivity index is 1.49. The number of methoxy groups -OCH3 is 3. The van der Waals surface area contributed by atoms with Gasteiger partial charge in [0.25, 0.3) is 9.05 Å². The Hall–Kier alpha value is -6.65. The first-order valence-electron chi connectivity index (χ1n) is 19.7. The molecule has 2 heterocycles. The molecule has 66 heavy (non-hydrogen) atoms. The fraction of sp³-hybridized carbons (Fsp3) is 0.227. The van der Waals surface area contributed by atoms with Gasteiger partial charge in [0.2, 0.25) is 21.0 Å². The summed E-state index contributed by atoms with van der Waals surface area (Å²) in [5, 5.41) is 23.1. The van der Waals surface area contributed by atoms with Crippen LogP contribution in [0.4, 0.5) is 14.7 Å². The third-order valence-corrected chi connectivity index (χ3v) is 14.2. The summed E-state index contributed by atoms with van der Waals surface area (Å²) in [4.78, 5) is 30.4. The van der Waals surface area contributed by atoms with Crippen molar-refractivity contribution in [3.05, 3.63) is 120 Å². The molecule has 0 aliphatic carbocycles. The molecule has 0 spiro atoms. The van der Waals surface area contributed by atoms with E-state index in [0.29, 0.717) is 38.0 Å². The summed E-state index contributed by atoms with van der Waals surface area (Å²) in [6.45, 7) is 4.27. The van der Waals surface area contributed by atoms with E-state index in [4.69, 9.17) is 29.6 Å². The number of carbonyl (C=O) groups excluding carboxylic acids is 1. The Morgan fingerprint density at radius 1 is 0.758 bits per heavy atom. The van der Waals surface area contributed by atoms with Crippen molar-refractivity contribution in [3.8, 4) is 39.8 Å². The molecular weight excluding hydrogens is 934 g/mol. The minimum atomic E-state index is -5.00. The van der Waals surface area contributed by atoms with E-state index in [1.165, 1.54) is 32.2 Å². The number of fused-ring (bicyclic) bond motifs is 1. The first-order chi connectivity index (χ1) is 31.3. The highest BCUT2D eigenvalue weighted by Crippen LogP contribution is 2.45. The van der Waals surface area contributed by atoms with Gasteiger partial charge >= 0.3 is 12.2 Å². The molecule has 0 radical (unpaired) electrons. The number of imide groups is 1. The molecule has 22 heteroatoms. The van der Waals surface area contributed by atoms with Crippen LogP contribution in [0.25, 0.3) is 32.7 Å². The third-order valence-electron chi connectivity index (χ3n) is 9.83. The highest BCUT2D eigenvalue weighted by Gasteiger charge is 2.38. The molecule has 0 unspecified atom stereocenters. The van der Waals surface area contributed by atoms with Crippen molar-refractivity contribution in [2.45, 2.75) is 55.8 Å². The maximum absolute atomic E-state index is 15.7. The molecular formula is C44H42ClN7O11S3. The number of para-hydroxylation sites is 1. The van der Waals surface area contributed by atoms with Crippen LogP contribution in [-0.4, -0.2) is 90.6 Å². The number of carboxylic acid groups (broad SMARTS) is 1. The molecule has 2 aromatic heterocycles. The zero-order valence-electron chi connectivity index (χ0n) is 36.2. The number of rotatable bonds is 15. The zero-order chi connectivity index (χ0) is 47.6. The van der Waals surface area contributed by atoms with E-state index in [9.17, 15) is 23.1 Å². The standard InChI is InChI=1S/C44H42ClN7O11S3/c1-44(2,3)63-43(55)52(42(53)54)41-46-38-34(8-7-9-35(38)64-41)33-22-23-36(65(45,56)57)39(37(33)40-47-49-51(48-40)26-29-14-20-32(62-6)21-15-29)66(58,59)50(24-27-10-16-30(60-4)17-11-27)25-28-12-18-31(61-5)19-13-28/h7-23H,24-26H2,1-6H3,(H,53,54). The Morgan fingerprint density at radius 3 is 1.80 bits per heavy atom. The second-order valence-corrected chi connectivity index (χ2v) is 20.9. The lowest BCUT2D eigenvalue weighted by molar-refractivity contribution is 0.0582. The van der Waals surface area contributed by atoms with Gasteiger partial charge in [-0.1, -0.05) is 65.9 Å². The maximum atomic E-state index is 15.7. The molecule has 0 aliphatic rings. The summed E-state index contributed by atoms with van der Waals surface area (Å²) in [5.41, 5.74) is 0.779. The summed E-state index contributed by atoms with van der Waals surface area (Å²) in [6, 6.07) is 27.6. The predicted octanol–water partition coefficient (Wildman–Crippen LogP) is 8.43. The molecule has 0 saturated heterocycles. The number of sulfonamides is 1. The van der Waals surface area contributed by atoms with Gasteiger partial charge in [0, 0.05) is 29.3 Å². The van der Waals surface area contributed by atoms with Crippen molar-refractivity contribution in [2.24, 2.45) is 0 Å². The summed E-state index contributed by atoms with van der Waals surface area (Å²) in [5.74, 6) is 1.35. The van der Waals surface area contributed by atoms with Crippen molar-refractivity contribution < 1.29 is 50.5 Å². The molecule has 1 N–H and O–H groups in total.